The van der Waals surface area contributed by atoms with Crippen LogP contribution < -0.4 is 5.73 Å². The largest absolute Gasteiger partial charge is 0.369 e. The van der Waals surface area contributed by atoms with Crippen LogP contribution in [0.3, 0.4) is 0 Å². The zero-order chi connectivity index (χ0) is 17.7. The molecule has 1 amide bonds. The van der Waals surface area contributed by atoms with Gasteiger partial charge in [0.15, 0.2) is 0 Å². The highest BCUT2D eigenvalue weighted by atomic mass is 16.1. The summed E-state index contributed by atoms with van der Waals surface area (Å²) in [5, 5.41) is 10.6. The minimum atomic E-state index is -0.681. The zero-order valence-electron chi connectivity index (χ0n) is 14.7. The number of nitrogens with two attached hydrogens (primary N) is 1. The number of nitriles is 1. The minimum absolute atomic E-state index is 0.320. The Kier molecular flexibility index (Phi) is 3.81. The molecule has 130 valence electrons. The summed E-state index contributed by atoms with van der Waals surface area (Å²) < 4.78 is 0. The normalized spacial score (nSPS) is 26.8. The Morgan fingerprint density at radius 1 is 1.52 bits per heavy atom. The maximum atomic E-state index is 11.5. The summed E-state index contributed by atoms with van der Waals surface area (Å²) in [6, 6.07) is 9.09. The molecule has 1 aromatic heterocycles. The molecule has 1 saturated heterocycles. The first-order valence-corrected chi connectivity index (χ1v) is 8.98. The molecule has 1 aromatic carbocycles. The molecule has 5 nitrogen and oxygen atoms in total. The Morgan fingerprint density at radius 2 is 2.32 bits per heavy atom. The smallest absolute Gasteiger partial charge is 0.234 e. The van der Waals surface area contributed by atoms with Crippen LogP contribution in [-0.2, 0) is 11.2 Å². The lowest BCUT2D eigenvalue weighted by Gasteiger charge is -2.46. The molecule has 4 rings (SSSR count). The maximum Gasteiger partial charge on any atom is 0.234 e. The number of aromatic amines is 1. The molecule has 5 heteroatoms. The lowest BCUT2D eigenvalue weighted by molar-refractivity contribution is -0.120. The summed E-state index contributed by atoms with van der Waals surface area (Å²) >= 11 is 0. The SMILES string of the molecule is Cc1[nH]c2cccc3c2c1C[C@@H]1C3C[C@@H](CC(C#N)C(N)=O)CN1C. The van der Waals surface area contributed by atoms with Crippen molar-refractivity contribution in [2.75, 3.05) is 13.6 Å². The van der Waals surface area contributed by atoms with Crippen LogP contribution in [0.1, 0.15) is 35.6 Å². The number of fused-ring (bicyclic) bond motifs is 2. The number of H-pyrrole nitrogens is 1. The van der Waals surface area contributed by atoms with Crippen molar-refractivity contribution in [3.8, 4) is 6.07 Å². The number of likely N-dealkylation sites (tertiary alicyclic amines) is 1. The quantitative estimate of drug-likeness (QED) is 0.903. The third-order valence-corrected chi connectivity index (χ3v) is 6.22. The van der Waals surface area contributed by atoms with Crippen LogP contribution in [0.25, 0.3) is 10.9 Å². The third kappa shape index (κ3) is 2.52. The van der Waals surface area contributed by atoms with Crippen LogP contribution >= 0.6 is 0 Å². The zero-order valence-corrected chi connectivity index (χ0v) is 14.7. The first kappa shape index (κ1) is 16.2. The van der Waals surface area contributed by atoms with Crippen molar-refractivity contribution in [1.82, 2.24) is 9.88 Å². The Hall–Kier alpha value is -2.32. The predicted molar refractivity (Wildman–Crippen MR) is 96.9 cm³/mol. The van der Waals surface area contributed by atoms with E-state index in [0.29, 0.717) is 24.3 Å². The molecule has 25 heavy (non-hydrogen) atoms. The second-order valence-electron chi connectivity index (χ2n) is 7.74. The Balaban J connectivity index is 1.69. The molecule has 1 aliphatic carbocycles. The standard InChI is InChI=1S/C20H24N4O/c1-11-15-8-18-16(14-4-3-5-17(23-11)19(14)15)7-12(10-24(18)2)6-13(9-21)20(22)25/h3-5,12-13,16,18,23H,6-8,10H2,1-2H3,(H2,22,25)/t12-,13?,16?,18-/m1/s1. The van der Waals surface area contributed by atoms with E-state index in [-0.39, 0.29) is 0 Å². The van der Waals surface area contributed by atoms with Crippen molar-refractivity contribution in [3.63, 3.8) is 0 Å². The number of carbonyl (C=O) groups is 1. The van der Waals surface area contributed by atoms with Gasteiger partial charge in [-0.25, -0.2) is 0 Å². The van der Waals surface area contributed by atoms with Gasteiger partial charge in [0.25, 0.3) is 0 Å². The number of amides is 1. The molecule has 0 radical (unpaired) electrons. The van der Waals surface area contributed by atoms with Crippen molar-refractivity contribution >= 4 is 16.8 Å². The summed E-state index contributed by atoms with van der Waals surface area (Å²) in [5.41, 5.74) is 10.7. The van der Waals surface area contributed by atoms with Crippen LogP contribution in [0.2, 0.25) is 0 Å². The molecule has 3 N–H and O–H groups in total. The lowest BCUT2D eigenvalue weighted by atomic mass is 9.71. The average molecular weight is 336 g/mol. The minimum Gasteiger partial charge on any atom is -0.369 e. The second-order valence-corrected chi connectivity index (χ2v) is 7.74. The number of aryl methyl sites for hydroxylation is 1. The number of rotatable bonds is 3. The van der Waals surface area contributed by atoms with Gasteiger partial charge < -0.3 is 15.6 Å². The molecule has 2 unspecified atom stereocenters. The van der Waals surface area contributed by atoms with Crippen LogP contribution in [0.5, 0.6) is 0 Å². The second kappa shape index (κ2) is 5.89. The van der Waals surface area contributed by atoms with Crippen molar-refractivity contribution in [2.45, 2.75) is 38.1 Å². The fourth-order valence-corrected chi connectivity index (χ4v) is 5.06. The number of aromatic nitrogens is 1. The summed E-state index contributed by atoms with van der Waals surface area (Å²) in [4.78, 5) is 17.4. The molecular formula is C20H24N4O. The van der Waals surface area contributed by atoms with Gasteiger partial charge in [0, 0.05) is 35.1 Å². The number of nitrogens with one attached hydrogen (secondary N) is 1. The fraction of sp³-hybridized carbons (Fsp3) is 0.500. The van der Waals surface area contributed by atoms with Crippen molar-refractivity contribution in [1.29, 1.82) is 5.26 Å². The third-order valence-electron chi connectivity index (χ3n) is 6.22. The van der Waals surface area contributed by atoms with E-state index in [4.69, 9.17) is 5.73 Å². The van der Waals surface area contributed by atoms with Gasteiger partial charge in [-0.3, -0.25) is 4.79 Å². The molecule has 2 aliphatic rings. The summed E-state index contributed by atoms with van der Waals surface area (Å²) in [7, 11) is 2.17. The predicted octanol–water partition coefficient (Wildman–Crippen LogP) is 2.45. The first-order chi connectivity index (χ1) is 12.0. The number of nitrogens with zero attached hydrogens (tertiary/aromatic N) is 2. The maximum absolute atomic E-state index is 11.5. The first-order valence-electron chi connectivity index (χ1n) is 8.98. The molecule has 0 spiro atoms. The highest BCUT2D eigenvalue weighted by molar-refractivity contribution is 5.89. The Labute approximate surface area is 147 Å². The molecule has 2 heterocycles. The highest BCUT2D eigenvalue weighted by Gasteiger charge is 2.40. The van der Waals surface area contributed by atoms with E-state index in [1.807, 2.05) is 0 Å². The summed E-state index contributed by atoms with van der Waals surface area (Å²) in [5.74, 6) is -0.413. The molecule has 4 atom stereocenters. The summed E-state index contributed by atoms with van der Waals surface area (Å²) in [6.45, 7) is 3.08. The monoisotopic (exact) mass is 336 g/mol. The van der Waals surface area contributed by atoms with Crippen LogP contribution in [0, 0.1) is 30.1 Å². The molecular weight excluding hydrogens is 312 g/mol. The van der Waals surface area contributed by atoms with Gasteiger partial charge in [0.05, 0.1) is 6.07 Å². The van der Waals surface area contributed by atoms with E-state index in [1.54, 1.807) is 0 Å². The van der Waals surface area contributed by atoms with Crippen LogP contribution in [0.4, 0.5) is 0 Å². The van der Waals surface area contributed by atoms with Crippen molar-refractivity contribution in [2.24, 2.45) is 17.6 Å². The fourth-order valence-electron chi connectivity index (χ4n) is 5.06. The number of piperidine rings is 1. The van der Waals surface area contributed by atoms with E-state index in [2.05, 4.69) is 48.1 Å². The van der Waals surface area contributed by atoms with Crippen LogP contribution in [0.15, 0.2) is 18.2 Å². The van der Waals surface area contributed by atoms with E-state index >= 15 is 0 Å². The Morgan fingerprint density at radius 3 is 3.04 bits per heavy atom. The number of hydrogen-bond donors (Lipinski definition) is 2. The van der Waals surface area contributed by atoms with Gasteiger partial charge in [-0.05, 0) is 56.3 Å². The van der Waals surface area contributed by atoms with Crippen molar-refractivity contribution in [3.05, 3.63) is 35.0 Å². The van der Waals surface area contributed by atoms with E-state index < -0.39 is 11.8 Å². The molecule has 2 aromatic rings. The number of likely N-dealkylation sites (N-methyl/N-ethyl adjacent to an activating group) is 1. The average Bonchev–Trinajstić information content (AvgIpc) is 2.90. The number of benzene rings is 1. The summed E-state index contributed by atoms with van der Waals surface area (Å²) in [6.07, 6.45) is 2.64. The number of hydrogen-bond acceptors (Lipinski definition) is 3. The van der Waals surface area contributed by atoms with E-state index in [1.165, 1.54) is 27.7 Å². The topological polar surface area (TPSA) is 85.9 Å². The highest BCUT2D eigenvalue weighted by Crippen LogP contribution is 2.46. The van der Waals surface area contributed by atoms with Gasteiger partial charge in [-0.15, -0.1) is 0 Å². The number of primary amides is 1. The molecule has 1 fully saturated rings. The van der Waals surface area contributed by atoms with Crippen molar-refractivity contribution < 1.29 is 4.79 Å². The number of carbonyl (C=O) groups excluding carboxylic acids is 1. The lowest BCUT2D eigenvalue weighted by Crippen LogP contribution is -2.48. The van der Waals surface area contributed by atoms with Gasteiger partial charge in [0.1, 0.15) is 5.92 Å². The van der Waals surface area contributed by atoms with Gasteiger partial charge in [-0.2, -0.15) is 5.26 Å². The van der Waals surface area contributed by atoms with Gasteiger partial charge in [0.2, 0.25) is 5.91 Å². The van der Waals surface area contributed by atoms with E-state index in [9.17, 15) is 10.1 Å². The Bertz CT molecular complexity index is 878. The van der Waals surface area contributed by atoms with Gasteiger partial charge >= 0.3 is 0 Å². The van der Waals surface area contributed by atoms with Crippen LogP contribution in [-0.4, -0.2) is 35.4 Å². The van der Waals surface area contributed by atoms with Gasteiger partial charge in [-0.1, -0.05) is 12.1 Å². The van der Waals surface area contributed by atoms with E-state index in [0.717, 1.165) is 19.4 Å². The molecule has 0 saturated carbocycles. The molecule has 1 aliphatic heterocycles. The molecule has 0 bridgehead atoms.